The summed E-state index contributed by atoms with van der Waals surface area (Å²) in [5, 5.41) is 8.79. The van der Waals surface area contributed by atoms with Gasteiger partial charge in [-0.05, 0) is 6.07 Å². The number of pyridine rings is 1. The predicted octanol–water partition coefficient (Wildman–Crippen LogP) is 1.88. The highest BCUT2D eigenvalue weighted by atomic mass is 35.5. The average Bonchev–Trinajstić information content (AvgIpc) is 2.07. The molecule has 4 heteroatoms. The summed E-state index contributed by atoms with van der Waals surface area (Å²) >= 11 is 5.57. The Morgan fingerprint density at radius 1 is 1.67 bits per heavy atom. The molecule has 0 amide bonds. The van der Waals surface area contributed by atoms with Crippen LogP contribution in [-0.2, 0) is 0 Å². The number of aromatic nitrogens is 1. The first-order valence-electron chi connectivity index (χ1n) is 3.32. The van der Waals surface area contributed by atoms with E-state index in [4.69, 9.17) is 16.7 Å². The van der Waals surface area contributed by atoms with Crippen LogP contribution in [0.1, 0.15) is 5.56 Å². The summed E-state index contributed by atoms with van der Waals surface area (Å²) in [6.45, 7) is -0.133. The molecule has 64 valence electrons. The zero-order valence-electron chi connectivity index (χ0n) is 6.17. The number of hydrogen-bond acceptors (Lipinski definition) is 2. The van der Waals surface area contributed by atoms with E-state index < -0.39 is 5.95 Å². The lowest BCUT2D eigenvalue weighted by atomic mass is 10.2. The summed E-state index contributed by atoms with van der Waals surface area (Å²) in [5.41, 5.74) is 0.275. The molecule has 12 heavy (non-hydrogen) atoms. The van der Waals surface area contributed by atoms with E-state index in [1.165, 1.54) is 24.4 Å². The number of hydrogen-bond donors (Lipinski definition) is 1. The van der Waals surface area contributed by atoms with E-state index in [1.807, 2.05) is 0 Å². The van der Waals surface area contributed by atoms with Gasteiger partial charge in [-0.3, -0.25) is 0 Å². The maximum Gasteiger partial charge on any atom is 0.220 e. The van der Waals surface area contributed by atoms with Crippen molar-refractivity contribution in [2.24, 2.45) is 0 Å². The van der Waals surface area contributed by atoms with Crippen molar-refractivity contribution < 1.29 is 9.50 Å². The smallest absolute Gasteiger partial charge is 0.220 e. The Labute approximate surface area is 74.3 Å². The Bertz CT molecular complexity index is 301. The fraction of sp³-hybridized carbons (Fsp3) is 0.125. The molecule has 0 saturated heterocycles. The second kappa shape index (κ2) is 4.18. The molecule has 1 rings (SSSR count). The van der Waals surface area contributed by atoms with E-state index in [9.17, 15) is 4.39 Å². The van der Waals surface area contributed by atoms with Crippen molar-refractivity contribution >= 4 is 17.7 Å². The number of aliphatic hydroxyl groups excluding tert-OH is 1. The first-order chi connectivity index (χ1) is 5.74. The van der Waals surface area contributed by atoms with Gasteiger partial charge >= 0.3 is 0 Å². The van der Waals surface area contributed by atoms with Crippen molar-refractivity contribution in [1.29, 1.82) is 0 Å². The Balaban J connectivity index is 2.97. The summed E-state index contributed by atoms with van der Waals surface area (Å²) < 4.78 is 12.8. The van der Waals surface area contributed by atoms with Crippen LogP contribution in [0.3, 0.4) is 0 Å². The lowest BCUT2D eigenvalue weighted by Crippen LogP contribution is -1.87. The van der Waals surface area contributed by atoms with Crippen LogP contribution in [0.25, 0.3) is 6.08 Å². The van der Waals surface area contributed by atoms with E-state index >= 15 is 0 Å². The van der Waals surface area contributed by atoms with Gasteiger partial charge in [0.25, 0.3) is 0 Å². The molecule has 0 aliphatic rings. The highest BCUT2D eigenvalue weighted by Gasteiger charge is 1.99. The lowest BCUT2D eigenvalue weighted by molar-refractivity contribution is 0.343. The number of aliphatic hydroxyl groups is 1. The van der Waals surface area contributed by atoms with E-state index in [0.717, 1.165) is 0 Å². The van der Waals surface area contributed by atoms with Crippen LogP contribution in [0.15, 0.2) is 18.3 Å². The molecule has 1 N–H and O–H groups in total. The summed E-state index contributed by atoms with van der Waals surface area (Å²) in [5.74, 6) is -0.593. The van der Waals surface area contributed by atoms with Crippen LogP contribution in [0.4, 0.5) is 4.39 Å². The molecular weight excluding hydrogens is 181 g/mol. The van der Waals surface area contributed by atoms with Crippen LogP contribution in [0.5, 0.6) is 0 Å². The van der Waals surface area contributed by atoms with Gasteiger partial charge in [0, 0.05) is 11.8 Å². The minimum absolute atomic E-state index is 0.133. The molecule has 0 unspecified atom stereocenters. The van der Waals surface area contributed by atoms with E-state index in [0.29, 0.717) is 5.02 Å². The quantitative estimate of drug-likeness (QED) is 0.718. The van der Waals surface area contributed by atoms with Crippen molar-refractivity contribution in [2.45, 2.75) is 0 Å². The molecular formula is C8H7ClFNO. The van der Waals surface area contributed by atoms with Crippen molar-refractivity contribution in [3.63, 3.8) is 0 Å². The third-order valence-corrected chi connectivity index (χ3v) is 1.44. The van der Waals surface area contributed by atoms with Crippen LogP contribution in [0.2, 0.25) is 5.02 Å². The van der Waals surface area contributed by atoms with Gasteiger partial charge in [-0.2, -0.15) is 4.39 Å². The zero-order chi connectivity index (χ0) is 8.97. The van der Waals surface area contributed by atoms with Gasteiger partial charge in [0.1, 0.15) is 0 Å². The van der Waals surface area contributed by atoms with Crippen molar-refractivity contribution in [3.05, 3.63) is 34.9 Å². The Morgan fingerprint density at radius 3 is 3.08 bits per heavy atom. The second-order valence-electron chi connectivity index (χ2n) is 2.12. The third-order valence-electron chi connectivity index (χ3n) is 1.24. The van der Waals surface area contributed by atoms with Gasteiger partial charge < -0.3 is 5.11 Å². The maximum atomic E-state index is 12.8. The third kappa shape index (κ3) is 2.29. The van der Waals surface area contributed by atoms with Crippen molar-refractivity contribution in [3.8, 4) is 0 Å². The van der Waals surface area contributed by atoms with Crippen molar-refractivity contribution in [1.82, 2.24) is 4.98 Å². The summed E-state index contributed by atoms with van der Waals surface area (Å²) in [6, 6.07) is 1.44. The van der Waals surface area contributed by atoms with Gasteiger partial charge in [-0.15, -0.1) is 0 Å². The van der Waals surface area contributed by atoms with Crippen LogP contribution in [-0.4, -0.2) is 16.7 Å². The molecule has 1 heterocycles. The normalized spacial score (nSPS) is 10.9. The summed E-state index contributed by atoms with van der Waals surface area (Å²) in [6.07, 6.45) is 4.07. The maximum absolute atomic E-state index is 12.8. The van der Waals surface area contributed by atoms with Gasteiger partial charge in [0.05, 0.1) is 11.6 Å². The van der Waals surface area contributed by atoms with Crippen LogP contribution in [0, 0.1) is 5.95 Å². The van der Waals surface area contributed by atoms with Crippen LogP contribution < -0.4 is 0 Å². The largest absolute Gasteiger partial charge is 0.392 e. The van der Waals surface area contributed by atoms with E-state index in [1.54, 1.807) is 0 Å². The fourth-order valence-electron chi connectivity index (χ4n) is 0.735. The highest BCUT2D eigenvalue weighted by Crippen LogP contribution is 2.13. The minimum atomic E-state index is -0.593. The molecule has 0 bridgehead atoms. The van der Waals surface area contributed by atoms with E-state index in [2.05, 4.69) is 4.98 Å². The molecule has 0 saturated carbocycles. The number of nitrogens with zero attached hydrogens (tertiary/aromatic N) is 1. The van der Waals surface area contributed by atoms with Gasteiger partial charge in [0.2, 0.25) is 5.95 Å². The predicted molar refractivity (Wildman–Crippen MR) is 45.3 cm³/mol. The molecule has 0 atom stereocenters. The Hall–Kier alpha value is -0.930. The van der Waals surface area contributed by atoms with E-state index in [-0.39, 0.29) is 12.2 Å². The first-order valence-corrected chi connectivity index (χ1v) is 3.70. The molecule has 0 spiro atoms. The molecule has 0 aliphatic carbocycles. The van der Waals surface area contributed by atoms with Gasteiger partial charge in [-0.25, -0.2) is 4.98 Å². The van der Waals surface area contributed by atoms with Crippen molar-refractivity contribution in [2.75, 3.05) is 6.61 Å². The average molecular weight is 188 g/mol. The monoisotopic (exact) mass is 187 g/mol. The molecule has 1 aromatic rings. The molecule has 0 aromatic carbocycles. The zero-order valence-corrected chi connectivity index (χ0v) is 6.92. The SMILES string of the molecule is OC/C=C/c1cc(Cl)cnc1F. The Kier molecular flexibility index (Phi) is 3.19. The molecule has 0 radical (unpaired) electrons. The number of rotatable bonds is 2. The summed E-state index contributed by atoms with van der Waals surface area (Å²) in [4.78, 5) is 3.40. The van der Waals surface area contributed by atoms with Gasteiger partial charge in [-0.1, -0.05) is 23.8 Å². The molecule has 0 fully saturated rings. The Morgan fingerprint density at radius 2 is 2.42 bits per heavy atom. The standard InChI is InChI=1S/C8H7ClFNO/c9-7-4-6(2-1-3-12)8(10)11-5-7/h1-2,4-5,12H,3H2/b2-1+. The summed E-state index contributed by atoms with van der Waals surface area (Å²) in [7, 11) is 0. The molecule has 1 aromatic heterocycles. The lowest BCUT2D eigenvalue weighted by Gasteiger charge is -1.95. The minimum Gasteiger partial charge on any atom is -0.392 e. The topological polar surface area (TPSA) is 33.1 Å². The number of halogens is 2. The highest BCUT2D eigenvalue weighted by molar-refractivity contribution is 6.30. The first kappa shape index (κ1) is 9.16. The fourth-order valence-corrected chi connectivity index (χ4v) is 0.901. The van der Waals surface area contributed by atoms with Crippen LogP contribution >= 0.6 is 11.6 Å². The molecule has 0 aliphatic heterocycles. The second-order valence-corrected chi connectivity index (χ2v) is 2.55. The molecule has 2 nitrogen and oxygen atoms in total. The van der Waals surface area contributed by atoms with Gasteiger partial charge in [0.15, 0.2) is 0 Å².